The molecule has 1 aromatic heterocycles. The zero-order chi connectivity index (χ0) is 13.2. The highest BCUT2D eigenvalue weighted by molar-refractivity contribution is 9.12. The normalized spacial score (nSPS) is 18.6. The molecule has 0 aliphatic heterocycles. The number of thiophene rings is 1. The lowest BCUT2D eigenvalue weighted by Crippen LogP contribution is -2.36. The van der Waals surface area contributed by atoms with Crippen molar-refractivity contribution in [1.29, 1.82) is 0 Å². The molecule has 100 valence electrons. The fourth-order valence-electron chi connectivity index (χ4n) is 2.47. The monoisotopic (exact) mass is 393 g/mol. The summed E-state index contributed by atoms with van der Waals surface area (Å²) in [6, 6.07) is 1.87. The van der Waals surface area contributed by atoms with E-state index in [0.29, 0.717) is 0 Å². The summed E-state index contributed by atoms with van der Waals surface area (Å²) in [6.07, 6.45) is 6.37. The van der Waals surface area contributed by atoms with E-state index in [-0.39, 0.29) is 11.3 Å². The van der Waals surface area contributed by atoms with Crippen LogP contribution < -0.4 is 5.32 Å². The molecule has 1 heterocycles. The molecule has 1 aliphatic rings. The molecule has 0 atom stereocenters. The molecule has 1 aliphatic carbocycles. The Morgan fingerprint density at radius 1 is 1.39 bits per heavy atom. The summed E-state index contributed by atoms with van der Waals surface area (Å²) in [5.74, 6) is 0.0237. The van der Waals surface area contributed by atoms with Gasteiger partial charge in [0, 0.05) is 6.54 Å². The van der Waals surface area contributed by atoms with Crippen molar-refractivity contribution in [2.24, 2.45) is 5.41 Å². The first-order valence-electron chi connectivity index (χ1n) is 6.23. The highest BCUT2D eigenvalue weighted by Gasteiger charge is 2.27. The second kappa shape index (κ2) is 6.06. The van der Waals surface area contributed by atoms with Gasteiger partial charge in [-0.1, -0.05) is 26.2 Å². The number of halogens is 2. The molecule has 0 saturated heterocycles. The molecule has 2 nitrogen and oxygen atoms in total. The maximum Gasteiger partial charge on any atom is 0.253 e. The van der Waals surface area contributed by atoms with Crippen LogP contribution in [0.25, 0.3) is 0 Å². The molecule has 2 rings (SSSR count). The lowest BCUT2D eigenvalue weighted by atomic mass is 9.76. The minimum atomic E-state index is 0.0237. The van der Waals surface area contributed by atoms with Gasteiger partial charge in [0.25, 0.3) is 5.91 Å². The van der Waals surface area contributed by atoms with Crippen LogP contribution in [0.2, 0.25) is 0 Å². The Morgan fingerprint density at radius 3 is 2.61 bits per heavy atom. The second-order valence-corrected chi connectivity index (χ2v) is 9.04. The molecule has 1 fully saturated rings. The topological polar surface area (TPSA) is 29.1 Å². The molecule has 1 aromatic rings. The molecule has 0 aromatic carbocycles. The van der Waals surface area contributed by atoms with E-state index in [1.165, 1.54) is 43.4 Å². The minimum Gasteiger partial charge on any atom is -0.351 e. The summed E-state index contributed by atoms with van der Waals surface area (Å²) in [5.41, 5.74) is 1.01. The Kier molecular flexibility index (Phi) is 4.89. The van der Waals surface area contributed by atoms with Crippen LogP contribution in [0.4, 0.5) is 0 Å². The molecule has 0 radical (unpaired) electrons. The van der Waals surface area contributed by atoms with Crippen molar-refractivity contribution in [3.63, 3.8) is 0 Å². The predicted molar refractivity (Wildman–Crippen MR) is 83.2 cm³/mol. The van der Waals surface area contributed by atoms with Crippen molar-refractivity contribution < 1.29 is 4.79 Å². The fourth-order valence-corrected chi connectivity index (χ4v) is 5.26. The van der Waals surface area contributed by atoms with E-state index in [2.05, 4.69) is 44.1 Å². The first-order valence-corrected chi connectivity index (χ1v) is 8.63. The summed E-state index contributed by atoms with van der Waals surface area (Å²) in [4.78, 5) is 12.1. The SMILES string of the molecule is CC1(CNC(=O)c2cc(Br)sc2Br)CCCCC1. The maximum absolute atomic E-state index is 12.1. The third-order valence-corrected chi connectivity index (χ3v) is 5.98. The molecule has 0 spiro atoms. The molecule has 1 N–H and O–H groups in total. The number of rotatable bonds is 3. The van der Waals surface area contributed by atoms with Gasteiger partial charge >= 0.3 is 0 Å². The standard InChI is InChI=1S/C13H17Br2NOS/c1-13(5-3-2-4-6-13)8-16-12(17)9-7-10(14)18-11(9)15/h7H,2-6,8H2,1H3,(H,16,17). The Bertz CT molecular complexity index is 438. The molecular formula is C13H17Br2NOS. The Morgan fingerprint density at radius 2 is 2.06 bits per heavy atom. The quantitative estimate of drug-likeness (QED) is 0.769. The van der Waals surface area contributed by atoms with Gasteiger partial charge in [-0.2, -0.15) is 0 Å². The van der Waals surface area contributed by atoms with Crippen molar-refractivity contribution in [3.05, 3.63) is 19.2 Å². The number of hydrogen-bond donors (Lipinski definition) is 1. The van der Waals surface area contributed by atoms with Crippen LogP contribution in [0.1, 0.15) is 49.4 Å². The molecule has 0 bridgehead atoms. The molecule has 0 unspecified atom stereocenters. The van der Waals surface area contributed by atoms with Crippen LogP contribution in [0.3, 0.4) is 0 Å². The predicted octanol–water partition coefficient (Wildman–Crippen LogP) is 4.97. The van der Waals surface area contributed by atoms with Gasteiger partial charge in [0.05, 0.1) is 13.1 Å². The molecular weight excluding hydrogens is 378 g/mol. The minimum absolute atomic E-state index is 0.0237. The van der Waals surface area contributed by atoms with Crippen molar-refractivity contribution in [1.82, 2.24) is 5.32 Å². The van der Waals surface area contributed by atoms with Crippen molar-refractivity contribution >= 4 is 49.1 Å². The zero-order valence-corrected chi connectivity index (χ0v) is 14.4. The van der Waals surface area contributed by atoms with Gasteiger partial charge in [0.15, 0.2) is 0 Å². The summed E-state index contributed by atoms with van der Waals surface area (Å²) >= 11 is 8.35. The fraction of sp³-hybridized carbons (Fsp3) is 0.615. The Labute approximate surface area is 129 Å². The number of carbonyl (C=O) groups excluding carboxylic acids is 1. The number of carbonyl (C=O) groups is 1. The molecule has 5 heteroatoms. The summed E-state index contributed by atoms with van der Waals surface area (Å²) < 4.78 is 1.86. The first-order chi connectivity index (χ1) is 8.50. The van der Waals surface area contributed by atoms with Gasteiger partial charge in [-0.15, -0.1) is 11.3 Å². The zero-order valence-electron chi connectivity index (χ0n) is 10.4. The highest BCUT2D eigenvalue weighted by atomic mass is 79.9. The van der Waals surface area contributed by atoms with Gasteiger partial charge in [0.2, 0.25) is 0 Å². The molecule has 1 amide bonds. The smallest absolute Gasteiger partial charge is 0.253 e. The number of nitrogens with one attached hydrogen (secondary N) is 1. The average Bonchev–Trinajstić information content (AvgIpc) is 2.67. The van der Waals surface area contributed by atoms with Crippen LogP contribution in [-0.4, -0.2) is 12.5 Å². The van der Waals surface area contributed by atoms with E-state index in [9.17, 15) is 4.79 Å². The average molecular weight is 395 g/mol. The Hall–Kier alpha value is 0.130. The van der Waals surface area contributed by atoms with E-state index < -0.39 is 0 Å². The van der Waals surface area contributed by atoms with Crippen LogP contribution in [0, 0.1) is 5.41 Å². The second-order valence-electron chi connectivity index (χ2n) is 5.29. The largest absolute Gasteiger partial charge is 0.351 e. The molecule has 18 heavy (non-hydrogen) atoms. The first kappa shape index (κ1) is 14.5. The van der Waals surface area contributed by atoms with Crippen LogP contribution >= 0.6 is 43.2 Å². The molecule has 1 saturated carbocycles. The number of hydrogen-bond acceptors (Lipinski definition) is 2. The van der Waals surface area contributed by atoms with Gasteiger partial charge < -0.3 is 5.32 Å². The van der Waals surface area contributed by atoms with Gasteiger partial charge in [-0.3, -0.25) is 4.79 Å². The number of amides is 1. The van der Waals surface area contributed by atoms with Crippen molar-refractivity contribution in [2.45, 2.75) is 39.0 Å². The van der Waals surface area contributed by atoms with E-state index in [1.54, 1.807) is 0 Å². The van der Waals surface area contributed by atoms with Gasteiger partial charge in [-0.05, 0) is 56.2 Å². The highest BCUT2D eigenvalue weighted by Crippen LogP contribution is 2.35. The van der Waals surface area contributed by atoms with Gasteiger partial charge in [-0.25, -0.2) is 0 Å². The van der Waals surface area contributed by atoms with E-state index >= 15 is 0 Å². The summed E-state index contributed by atoms with van der Waals surface area (Å²) in [7, 11) is 0. The van der Waals surface area contributed by atoms with Crippen LogP contribution in [0.5, 0.6) is 0 Å². The third-order valence-electron chi connectivity index (χ3n) is 3.64. The lowest BCUT2D eigenvalue weighted by Gasteiger charge is -2.33. The van der Waals surface area contributed by atoms with Gasteiger partial charge in [0.1, 0.15) is 0 Å². The van der Waals surface area contributed by atoms with Crippen molar-refractivity contribution in [3.8, 4) is 0 Å². The van der Waals surface area contributed by atoms with Crippen molar-refractivity contribution in [2.75, 3.05) is 6.54 Å². The summed E-state index contributed by atoms with van der Waals surface area (Å²) in [6.45, 7) is 3.07. The summed E-state index contributed by atoms with van der Waals surface area (Å²) in [5, 5.41) is 3.08. The van der Waals surface area contributed by atoms with E-state index in [4.69, 9.17) is 0 Å². The van der Waals surface area contributed by atoms with E-state index in [1.807, 2.05) is 6.07 Å². The van der Waals surface area contributed by atoms with Crippen LogP contribution in [0.15, 0.2) is 13.6 Å². The maximum atomic E-state index is 12.1. The Balaban J connectivity index is 1.94. The van der Waals surface area contributed by atoms with E-state index in [0.717, 1.165) is 19.7 Å². The third kappa shape index (κ3) is 3.58. The lowest BCUT2D eigenvalue weighted by molar-refractivity contribution is 0.0919. The van der Waals surface area contributed by atoms with Crippen LogP contribution in [-0.2, 0) is 0 Å².